The van der Waals surface area contributed by atoms with Gasteiger partial charge in [0.25, 0.3) is 0 Å². The van der Waals surface area contributed by atoms with Crippen molar-refractivity contribution < 1.29 is 9.47 Å². The Morgan fingerprint density at radius 3 is 1.62 bits per heavy atom. The lowest BCUT2D eigenvalue weighted by Gasteiger charge is -2.11. The number of aryl methyl sites for hydroxylation is 4. The standard InChI is InChI=1S/C35H33NO2S/c1-6-37-21-38-35-20-39-19-34(35)36-32-9-7-26(28-13-22(2)11-23(3)14-28)17-30(32)31-18-27(8-10-33(31)36)29-15-24(4)12-25(5)16-29/h7-20H,6,21H2,1-5H3. The van der Waals surface area contributed by atoms with E-state index in [0.29, 0.717) is 6.61 Å². The van der Waals surface area contributed by atoms with Crippen molar-refractivity contribution >= 4 is 33.1 Å². The predicted octanol–water partition coefficient (Wildman–Crippen LogP) is 9.79. The Kier molecular flexibility index (Phi) is 6.76. The molecule has 0 unspecified atom stereocenters. The van der Waals surface area contributed by atoms with Crippen LogP contribution in [0.1, 0.15) is 29.2 Å². The quantitative estimate of drug-likeness (QED) is 0.151. The van der Waals surface area contributed by atoms with Crippen molar-refractivity contribution in [1.29, 1.82) is 0 Å². The molecule has 0 aliphatic rings. The van der Waals surface area contributed by atoms with Gasteiger partial charge in [-0.1, -0.05) is 70.8 Å². The van der Waals surface area contributed by atoms with E-state index >= 15 is 0 Å². The molecule has 0 fully saturated rings. The minimum atomic E-state index is 0.241. The molecular weight excluding hydrogens is 498 g/mol. The first-order valence-corrected chi connectivity index (χ1v) is 14.4. The zero-order chi connectivity index (χ0) is 27.1. The van der Waals surface area contributed by atoms with E-state index in [4.69, 9.17) is 9.47 Å². The summed E-state index contributed by atoms with van der Waals surface area (Å²) in [5.41, 5.74) is 13.4. The van der Waals surface area contributed by atoms with Gasteiger partial charge in [0.1, 0.15) is 0 Å². The van der Waals surface area contributed by atoms with Crippen LogP contribution in [0.15, 0.2) is 83.6 Å². The largest absolute Gasteiger partial charge is 0.464 e. The van der Waals surface area contributed by atoms with Crippen molar-refractivity contribution in [2.75, 3.05) is 13.4 Å². The Labute approximate surface area is 234 Å². The first-order valence-electron chi connectivity index (χ1n) is 13.4. The minimum Gasteiger partial charge on any atom is -0.464 e. The molecule has 4 heteroatoms. The highest BCUT2D eigenvalue weighted by molar-refractivity contribution is 7.08. The molecule has 39 heavy (non-hydrogen) atoms. The van der Waals surface area contributed by atoms with Crippen LogP contribution in [-0.4, -0.2) is 18.0 Å². The lowest BCUT2D eigenvalue weighted by Crippen LogP contribution is -2.04. The number of thiophene rings is 1. The monoisotopic (exact) mass is 531 g/mol. The second-order valence-electron chi connectivity index (χ2n) is 10.4. The van der Waals surface area contributed by atoms with Crippen molar-refractivity contribution in [1.82, 2.24) is 4.57 Å². The number of rotatable bonds is 7. The minimum absolute atomic E-state index is 0.241. The maximum Gasteiger partial charge on any atom is 0.189 e. The number of hydrogen-bond donors (Lipinski definition) is 0. The van der Waals surface area contributed by atoms with Crippen LogP contribution in [-0.2, 0) is 4.74 Å². The zero-order valence-corrected chi connectivity index (χ0v) is 24.0. The molecule has 0 saturated carbocycles. The molecule has 0 spiro atoms. The summed E-state index contributed by atoms with van der Waals surface area (Å²) in [6.07, 6.45) is 0. The molecule has 0 aliphatic heterocycles. The summed E-state index contributed by atoms with van der Waals surface area (Å²) >= 11 is 1.64. The van der Waals surface area contributed by atoms with Crippen LogP contribution >= 0.6 is 11.3 Å². The van der Waals surface area contributed by atoms with Crippen molar-refractivity contribution in [2.45, 2.75) is 34.6 Å². The average Bonchev–Trinajstić information content (AvgIpc) is 3.48. The molecule has 0 saturated heterocycles. The van der Waals surface area contributed by atoms with Gasteiger partial charge in [0, 0.05) is 28.1 Å². The third-order valence-corrected chi connectivity index (χ3v) is 7.93. The second kappa shape index (κ2) is 10.4. The van der Waals surface area contributed by atoms with Gasteiger partial charge in [-0.3, -0.25) is 0 Å². The van der Waals surface area contributed by atoms with Gasteiger partial charge in [0.05, 0.1) is 16.7 Å². The number of hydrogen-bond acceptors (Lipinski definition) is 3. The van der Waals surface area contributed by atoms with E-state index in [-0.39, 0.29) is 6.79 Å². The van der Waals surface area contributed by atoms with Crippen molar-refractivity contribution in [2.24, 2.45) is 0 Å². The SMILES string of the molecule is CCOCOc1cscc1-n1c2ccc(-c3cc(C)cc(C)c3)cc2c2cc(-c3cc(C)cc(C)c3)ccc21. The summed E-state index contributed by atoms with van der Waals surface area (Å²) in [7, 11) is 0. The molecule has 4 aromatic carbocycles. The van der Waals surface area contributed by atoms with Crippen LogP contribution in [0.25, 0.3) is 49.7 Å². The maximum absolute atomic E-state index is 6.05. The van der Waals surface area contributed by atoms with Gasteiger partial charge in [0.15, 0.2) is 12.5 Å². The predicted molar refractivity (Wildman–Crippen MR) is 166 cm³/mol. The molecule has 0 aliphatic carbocycles. The fourth-order valence-corrected chi connectivity index (χ4v) is 6.39. The first kappa shape index (κ1) is 25.4. The van der Waals surface area contributed by atoms with Crippen molar-refractivity contribution in [3.8, 4) is 33.7 Å². The van der Waals surface area contributed by atoms with Crippen molar-refractivity contribution in [3.05, 3.63) is 106 Å². The van der Waals surface area contributed by atoms with Crippen LogP contribution in [0.3, 0.4) is 0 Å². The summed E-state index contributed by atoms with van der Waals surface area (Å²) in [5, 5.41) is 6.68. The highest BCUT2D eigenvalue weighted by Crippen LogP contribution is 2.40. The maximum atomic E-state index is 6.05. The molecule has 2 heterocycles. The number of aromatic nitrogens is 1. The molecule has 196 valence electrons. The topological polar surface area (TPSA) is 23.4 Å². The highest BCUT2D eigenvalue weighted by Gasteiger charge is 2.18. The fourth-order valence-electron chi connectivity index (χ4n) is 5.66. The van der Waals surface area contributed by atoms with E-state index in [9.17, 15) is 0 Å². The number of ether oxygens (including phenoxy) is 2. The molecule has 0 amide bonds. The molecule has 3 nitrogen and oxygen atoms in total. The molecule has 6 rings (SSSR count). The van der Waals surface area contributed by atoms with Gasteiger partial charge in [-0.15, -0.1) is 11.3 Å². The summed E-state index contributed by atoms with van der Waals surface area (Å²) < 4.78 is 13.9. The van der Waals surface area contributed by atoms with Gasteiger partial charge >= 0.3 is 0 Å². The van der Waals surface area contributed by atoms with Gasteiger partial charge in [-0.2, -0.15) is 0 Å². The zero-order valence-electron chi connectivity index (χ0n) is 23.2. The van der Waals surface area contributed by atoms with E-state index in [1.54, 1.807) is 11.3 Å². The smallest absolute Gasteiger partial charge is 0.189 e. The number of fused-ring (bicyclic) bond motifs is 3. The van der Waals surface area contributed by atoms with E-state index in [2.05, 4.69) is 116 Å². The lowest BCUT2D eigenvalue weighted by atomic mass is 9.97. The van der Waals surface area contributed by atoms with Gasteiger partial charge < -0.3 is 14.0 Å². The summed E-state index contributed by atoms with van der Waals surface area (Å²) in [6, 6.07) is 27.2. The van der Waals surface area contributed by atoms with E-state index in [0.717, 1.165) is 22.5 Å². The fraction of sp³-hybridized carbons (Fsp3) is 0.200. The third kappa shape index (κ3) is 4.87. The molecule has 6 aromatic rings. The number of benzene rings is 4. The second-order valence-corrected chi connectivity index (χ2v) is 11.2. The molecule has 0 radical (unpaired) electrons. The normalized spacial score (nSPS) is 11.5. The van der Waals surface area contributed by atoms with Crippen LogP contribution in [0.2, 0.25) is 0 Å². The highest BCUT2D eigenvalue weighted by atomic mass is 32.1. The molecule has 0 bridgehead atoms. The Bertz CT molecular complexity index is 1680. The third-order valence-electron chi connectivity index (χ3n) is 7.23. The van der Waals surface area contributed by atoms with E-state index < -0.39 is 0 Å². The van der Waals surface area contributed by atoms with Crippen molar-refractivity contribution in [3.63, 3.8) is 0 Å². The Hall–Kier alpha value is -3.86. The first-order chi connectivity index (χ1) is 18.9. The molecule has 2 aromatic heterocycles. The molecule has 0 N–H and O–H groups in total. The molecular formula is C35H33NO2S. The van der Waals surface area contributed by atoms with Crippen LogP contribution in [0.4, 0.5) is 0 Å². The van der Waals surface area contributed by atoms with Crippen LogP contribution in [0.5, 0.6) is 5.75 Å². The Morgan fingerprint density at radius 1 is 0.615 bits per heavy atom. The summed E-state index contributed by atoms with van der Waals surface area (Å²) in [4.78, 5) is 0. The van der Waals surface area contributed by atoms with Crippen LogP contribution in [0, 0.1) is 27.7 Å². The van der Waals surface area contributed by atoms with Gasteiger partial charge in [0.2, 0.25) is 0 Å². The summed E-state index contributed by atoms with van der Waals surface area (Å²) in [6.45, 7) is 11.5. The Balaban J connectivity index is 1.60. The van der Waals surface area contributed by atoms with E-state index in [1.807, 2.05) is 6.92 Å². The van der Waals surface area contributed by atoms with E-state index in [1.165, 1.54) is 55.3 Å². The van der Waals surface area contributed by atoms with Crippen LogP contribution < -0.4 is 4.74 Å². The average molecular weight is 532 g/mol. The van der Waals surface area contributed by atoms with Gasteiger partial charge in [-0.25, -0.2) is 0 Å². The molecule has 0 atom stereocenters. The van der Waals surface area contributed by atoms with Gasteiger partial charge in [-0.05, 0) is 81.1 Å². The lowest BCUT2D eigenvalue weighted by molar-refractivity contribution is 0.0227. The Morgan fingerprint density at radius 2 is 1.13 bits per heavy atom. The number of nitrogens with zero attached hydrogens (tertiary/aromatic N) is 1. The summed E-state index contributed by atoms with van der Waals surface area (Å²) in [5.74, 6) is 0.837.